The van der Waals surface area contributed by atoms with E-state index in [1.807, 2.05) is 0 Å². The second-order valence-corrected chi connectivity index (χ2v) is 8.33. The van der Waals surface area contributed by atoms with Gasteiger partial charge in [0.15, 0.2) is 0 Å². The fourth-order valence-electron chi connectivity index (χ4n) is 3.41. The fraction of sp³-hybridized carbons (Fsp3) is 0.333. The number of amides is 1. The van der Waals surface area contributed by atoms with Crippen LogP contribution in [0.1, 0.15) is 28.1 Å². The second kappa shape index (κ2) is 10.2. The molecule has 0 bridgehead atoms. The summed E-state index contributed by atoms with van der Waals surface area (Å²) in [6, 6.07) is 6.55. The lowest BCUT2D eigenvalue weighted by Gasteiger charge is -2.15. The van der Waals surface area contributed by atoms with E-state index >= 15 is 0 Å². The second-order valence-electron chi connectivity index (χ2n) is 7.54. The summed E-state index contributed by atoms with van der Waals surface area (Å²) in [5.41, 5.74) is 10.7. The van der Waals surface area contributed by atoms with Crippen molar-refractivity contribution in [2.24, 2.45) is 12.8 Å². The Morgan fingerprint density at radius 1 is 1.12 bits per heavy atom. The molecule has 0 unspecified atom stereocenters. The Labute approximate surface area is 199 Å². The normalized spacial score (nSPS) is 11.0. The van der Waals surface area contributed by atoms with Crippen molar-refractivity contribution in [2.45, 2.75) is 40.0 Å². The average molecular weight is 494 g/mol. The molecule has 176 valence electrons. The number of benzene rings is 1. The molecule has 0 saturated heterocycles. The number of aryl methyl sites for hydroxylation is 3. The lowest BCUT2D eigenvalue weighted by Crippen LogP contribution is -2.46. The van der Waals surface area contributed by atoms with Crippen LogP contribution in [0.5, 0.6) is 0 Å². The standard InChI is InChI=1S/C21H25Cl2N7O3/c1-12-6-19(32)30(26-10-17-13(2)27-28(3)20(17)23)21(33)29(12)11-18(31)25-9-15-7-16(22)5-4-14(15)8-24/h4-7,26H,8-11,24H2,1-3H3,(H,25,31). The molecule has 2 aromatic heterocycles. The van der Waals surface area contributed by atoms with Gasteiger partial charge < -0.3 is 16.5 Å². The van der Waals surface area contributed by atoms with Gasteiger partial charge in [-0.15, -0.1) is 0 Å². The smallest absolute Gasteiger partial charge is 0.350 e. The Kier molecular flexibility index (Phi) is 7.62. The van der Waals surface area contributed by atoms with Gasteiger partial charge in [0.05, 0.1) is 12.2 Å². The summed E-state index contributed by atoms with van der Waals surface area (Å²) in [5.74, 6) is -0.403. The minimum atomic E-state index is -0.668. The molecule has 12 heteroatoms. The number of carbonyl (C=O) groups is 1. The minimum absolute atomic E-state index is 0.111. The Balaban J connectivity index is 1.77. The first kappa shape index (κ1) is 24.6. The molecule has 0 aliphatic rings. The van der Waals surface area contributed by atoms with Crippen LogP contribution in [0.15, 0.2) is 33.9 Å². The molecular weight excluding hydrogens is 469 g/mol. The van der Waals surface area contributed by atoms with Crippen LogP contribution in [0.2, 0.25) is 10.2 Å². The van der Waals surface area contributed by atoms with Crippen LogP contribution >= 0.6 is 23.2 Å². The first-order valence-electron chi connectivity index (χ1n) is 10.1. The number of hydrogen-bond donors (Lipinski definition) is 3. The van der Waals surface area contributed by atoms with Gasteiger partial charge in [-0.2, -0.15) is 9.77 Å². The fourth-order valence-corrected chi connectivity index (χ4v) is 3.85. The maximum Gasteiger partial charge on any atom is 0.350 e. The molecule has 4 N–H and O–H groups in total. The van der Waals surface area contributed by atoms with Gasteiger partial charge in [-0.25, -0.2) is 4.79 Å². The van der Waals surface area contributed by atoms with Crippen molar-refractivity contribution in [3.8, 4) is 0 Å². The van der Waals surface area contributed by atoms with Crippen LogP contribution in [0.3, 0.4) is 0 Å². The zero-order valence-corrected chi connectivity index (χ0v) is 20.0. The largest absolute Gasteiger partial charge is 0.350 e. The summed E-state index contributed by atoms with van der Waals surface area (Å²) >= 11 is 12.3. The molecule has 2 heterocycles. The number of nitrogens with zero attached hydrogens (tertiary/aromatic N) is 4. The van der Waals surface area contributed by atoms with E-state index in [0.29, 0.717) is 33.7 Å². The van der Waals surface area contributed by atoms with Crippen LogP contribution in [0, 0.1) is 13.8 Å². The van der Waals surface area contributed by atoms with Crippen molar-refractivity contribution in [2.75, 3.05) is 5.43 Å². The predicted octanol–water partition coefficient (Wildman–Crippen LogP) is 1.19. The average Bonchev–Trinajstić information content (AvgIpc) is 3.00. The number of nitrogens with one attached hydrogen (secondary N) is 2. The Hall–Kier alpha value is -3.08. The maximum absolute atomic E-state index is 13.0. The van der Waals surface area contributed by atoms with Crippen LogP contribution < -0.4 is 27.7 Å². The molecule has 0 radical (unpaired) electrons. The molecule has 0 spiro atoms. The highest BCUT2D eigenvalue weighted by molar-refractivity contribution is 6.30. The summed E-state index contributed by atoms with van der Waals surface area (Å²) < 4.78 is 3.57. The molecule has 0 aliphatic carbocycles. The first-order valence-corrected chi connectivity index (χ1v) is 10.9. The monoisotopic (exact) mass is 493 g/mol. The molecule has 10 nitrogen and oxygen atoms in total. The third-order valence-electron chi connectivity index (χ3n) is 5.25. The molecule has 0 saturated carbocycles. The van der Waals surface area contributed by atoms with Gasteiger partial charge in [0, 0.05) is 42.5 Å². The van der Waals surface area contributed by atoms with Gasteiger partial charge in [-0.05, 0) is 37.1 Å². The van der Waals surface area contributed by atoms with Gasteiger partial charge >= 0.3 is 5.69 Å². The van der Waals surface area contributed by atoms with Gasteiger partial charge in [0.25, 0.3) is 5.56 Å². The number of halogens is 2. The van der Waals surface area contributed by atoms with Crippen molar-refractivity contribution in [1.29, 1.82) is 0 Å². The molecule has 33 heavy (non-hydrogen) atoms. The van der Waals surface area contributed by atoms with E-state index in [-0.39, 0.29) is 19.6 Å². The number of rotatable bonds is 8. The zero-order chi connectivity index (χ0) is 24.3. The van der Waals surface area contributed by atoms with Crippen molar-refractivity contribution in [3.05, 3.63) is 83.4 Å². The van der Waals surface area contributed by atoms with Crippen molar-refractivity contribution in [1.82, 2.24) is 24.3 Å². The van der Waals surface area contributed by atoms with Crippen LogP contribution in [0.4, 0.5) is 0 Å². The number of aromatic nitrogens is 4. The topological polar surface area (TPSA) is 129 Å². The molecule has 0 fully saturated rings. The van der Waals surface area contributed by atoms with Gasteiger partial charge in [-0.1, -0.05) is 29.3 Å². The Morgan fingerprint density at radius 3 is 2.48 bits per heavy atom. The quantitative estimate of drug-likeness (QED) is 0.432. The first-order chi connectivity index (χ1) is 15.6. The lowest BCUT2D eigenvalue weighted by molar-refractivity contribution is -0.121. The summed E-state index contributed by atoms with van der Waals surface area (Å²) in [6.45, 7) is 3.72. The van der Waals surface area contributed by atoms with E-state index in [4.69, 9.17) is 28.9 Å². The van der Waals surface area contributed by atoms with Gasteiger partial charge in [0.1, 0.15) is 11.7 Å². The van der Waals surface area contributed by atoms with Crippen molar-refractivity contribution in [3.63, 3.8) is 0 Å². The molecule has 0 atom stereocenters. The number of hydrogen-bond acceptors (Lipinski definition) is 6. The van der Waals surface area contributed by atoms with E-state index in [1.165, 1.54) is 15.3 Å². The van der Waals surface area contributed by atoms with Crippen LogP contribution in [0.25, 0.3) is 0 Å². The maximum atomic E-state index is 13.0. The van der Waals surface area contributed by atoms with Crippen LogP contribution in [-0.2, 0) is 38.0 Å². The summed E-state index contributed by atoms with van der Waals surface area (Å²) in [6.07, 6.45) is 0. The summed E-state index contributed by atoms with van der Waals surface area (Å²) in [4.78, 5) is 37.9. The number of carbonyl (C=O) groups excluding carboxylic acids is 1. The zero-order valence-electron chi connectivity index (χ0n) is 18.5. The van der Waals surface area contributed by atoms with Crippen molar-refractivity contribution < 1.29 is 4.79 Å². The van der Waals surface area contributed by atoms with E-state index in [1.54, 1.807) is 39.1 Å². The Bertz CT molecular complexity index is 1310. The highest BCUT2D eigenvalue weighted by Gasteiger charge is 2.15. The van der Waals surface area contributed by atoms with E-state index in [9.17, 15) is 14.4 Å². The van der Waals surface area contributed by atoms with Crippen LogP contribution in [-0.4, -0.2) is 24.9 Å². The van der Waals surface area contributed by atoms with Gasteiger partial charge in [-0.3, -0.25) is 18.8 Å². The molecule has 1 amide bonds. The van der Waals surface area contributed by atoms with E-state index in [2.05, 4.69) is 15.8 Å². The van der Waals surface area contributed by atoms with Crippen molar-refractivity contribution >= 4 is 29.1 Å². The predicted molar refractivity (Wildman–Crippen MR) is 127 cm³/mol. The van der Waals surface area contributed by atoms with E-state index < -0.39 is 17.2 Å². The SMILES string of the molecule is Cc1nn(C)c(Cl)c1CNn1c(=O)cc(C)n(CC(=O)NCc2cc(Cl)ccc2CN)c1=O. The third kappa shape index (κ3) is 5.47. The number of nitrogens with two attached hydrogens (primary N) is 1. The molecular formula is C21H25Cl2N7O3. The molecule has 1 aromatic carbocycles. The lowest BCUT2D eigenvalue weighted by atomic mass is 10.1. The minimum Gasteiger partial charge on any atom is -0.350 e. The molecule has 0 aliphatic heterocycles. The molecule has 3 aromatic rings. The Morgan fingerprint density at radius 2 is 1.85 bits per heavy atom. The third-order valence-corrected chi connectivity index (χ3v) is 5.96. The van der Waals surface area contributed by atoms with E-state index in [0.717, 1.165) is 15.8 Å². The summed E-state index contributed by atoms with van der Waals surface area (Å²) in [7, 11) is 1.70. The highest BCUT2D eigenvalue weighted by atomic mass is 35.5. The summed E-state index contributed by atoms with van der Waals surface area (Å²) in [5, 5.41) is 7.90. The molecule has 3 rings (SSSR count). The highest BCUT2D eigenvalue weighted by Crippen LogP contribution is 2.18. The van der Waals surface area contributed by atoms with Gasteiger partial charge in [0.2, 0.25) is 5.91 Å².